The van der Waals surface area contributed by atoms with Crippen molar-refractivity contribution in [3.63, 3.8) is 0 Å². The highest BCUT2D eigenvalue weighted by molar-refractivity contribution is 7.09. The van der Waals surface area contributed by atoms with Gasteiger partial charge in [0.05, 0.1) is 5.60 Å². The predicted octanol–water partition coefficient (Wildman–Crippen LogP) is 3.45. The van der Waals surface area contributed by atoms with E-state index in [1.807, 2.05) is 39.1 Å². The van der Waals surface area contributed by atoms with Crippen LogP contribution in [0.1, 0.15) is 39.0 Å². The normalized spacial score (nSPS) is 13.8. The summed E-state index contributed by atoms with van der Waals surface area (Å²) < 4.78 is 5.62. The maximum atomic E-state index is 11.8. The second kappa shape index (κ2) is 5.60. The molecule has 0 aliphatic carbocycles. The van der Waals surface area contributed by atoms with Crippen molar-refractivity contribution < 1.29 is 9.53 Å². The number of rotatable bonds is 5. The minimum absolute atomic E-state index is 0.184. The van der Waals surface area contributed by atoms with E-state index in [2.05, 4.69) is 6.07 Å². The van der Waals surface area contributed by atoms with Crippen molar-refractivity contribution in [1.82, 2.24) is 0 Å². The third-order valence-electron chi connectivity index (χ3n) is 2.18. The lowest BCUT2D eigenvalue weighted by molar-refractivity contribution is -0.138. The van der Waals surface area contributed by atoms with E-state index in [1.165, 1.54) is 4.88 Å². The van der Waals surface area contributed by atoms with E-state index in [0.717, 1.165) is 6.42 Å². The smallest absolute Gasteiger partial charge is 0.161 e. The van der Waals surface area contributed by atoms with Crippen LogP contribution >= 0.6 is 11.3 Å². The van der Waals surface area contributed by atoms with Crippen LogP contribution in [0, 0.1) is 0 Å². The maximum absolute atomic E-state index is 11.8. The summed E-state index contributed by atoms with van der Waals surface area (Å²) in [6.07, 6.45) is 1.09. The molecule has 0 aliphatic rings. The molecule has 0 amide bonds. The van der Waals surface area contributed by atoms with Gasteiger partial charge in [-0.1, -0.05) is 6.07 Å². The zero-order valence-electron chi connectivity index (χ0n) is 10.4. The first-order valence-electron chi connectivity index (χ1n) is 5.61. The number of carbonyl (C=O) groups is 1. The Morgan fingerprint density at radius 2 is 2.19 bits per heavy atom. The molecule has 0 fully saturated rings. The van der Waals surface area contributed by atoms with E-state index in [-0.39, 0.29) is 17.5 Å². The second-order valence-electron chi connectivity index (χ2n) is 4.92. The molecule has 1 atom stereocenters. The molecule has 3 heteroatoms. The lowest BCUT2D eigenvalue weighted by atomic mass is 10.1. The van der Waals surface area contributed by atoms with Gasteiger partial charge in [0.25, 0.3) is 0 Å². The van der Waals surface area contributed by atoms with E-state index in [0.29, 0.717) is 6.42 Å². The summed E-state index contributed by atoms with van der Waals surface area (Å²) in [5.74, 6) is 0.184. The third kappa shape index (κ3) is 4.90. The van der Waals surface area contributed by atoms with Crippen LogP contribution in [0.2, 0.25) is 0 Å². The summed E-state index contributed by atoms with van der Waals surface area (Å²) in [4.78, 5) is 13.1. The summed E-state index contributed by atoms with van der Waals surface area (Å²) in [5, 5.41) is 2.04. The number of Topliss-reactive ketones (excluding diaryl/α,β-unsaturated/α-hetero) is 1. The zero-order valence-corrected chi connectivity index (χ0v) is 11.3. The van der Waals surface area contributed by atoms with E-state index in [1.54, 1.807) is 11.3 Å². The summed E-state index contributed by atoms with van der Waals surface area (Å²) in [6, 6.07) is 4.08. The number of carbonyl (C=O) groups excluding carboxylic acids is 1. The van der Waals surface area contributed by atoms with Gasteiger partial charge in [-0.05, 0) is 45.6 Å². The minimum Gasteiger partial charge on any atom is -0.365 e. The minimum atomic E-state index is -0.306. The molecule has 0 aliphatic heterocycles. The summed E-state index contributed by atoms with van der Waals surface area (Å²) in [5.41, 5.74) is -0.252. The first kappa shape index (κ1) is 13.4. The monoisotopic (exact) mass is 240 g/mol. The molecule has 1 rings (SSSR count). The Balaban J connectivity index is 2.35. The Morgan fingerprint density at radius 3 is 2.69 bits per heavy atom. The van der Waals surface area contributed by atoms with Gasteiger partial charge in [0, 0.05) is 11.3 Å². The highest BCUT2D eigenvalue weighted by Crippen LogP contribution is 2.15. The van der Waals surface area contributed by atoms with Crippen LogP contribution in [0.25, 0.3) is 0 Å². The zero-order chi connectivity index (χ0) is 12.2. The first-order chi connectivity index (χ1) is 7.38. The average molecular weight is 240 g/mol. The van der Waals surface area contributed by atoms with Gasteiger partial charge in [-0.15, -0.1) is 11.3 Å². The molecule has 0 bridgehead atoms. The van der Waals surface area contributed by atoms with Crippen LogP contribution in [0.4, 0.5) is 0 Å². The van der Waals surface area contributed by atoms with Gasteiger partial charge in [-0.3, -0.25) is 4.79 Å². The number of ether oxygens (including phenoxy) is 1. The van der Waals surface area contributed by atoms with Crippen LogP contribution in [-0.4, -0.2) is 17.5 Å². The highest BCUT2D eigenvalue weighted by Gasteiger charge is 2.20. The van der Waals surface area contributed by atoms with Crippen molar-refractivity contribution in [2.45, 2.75) is 52.2 Å². The van der Waals surface area contributed by atoms with Crippen molar-refractivity contribution >= 4 is 17.1 Å². The van der Waals surface area contributed by atoms with Crippen LogP contribution in [0.3, 0.4) is 0 Å². The molecule has 1 heterocycles. The Kier molecular flexibility index (Phi) is 4.69. The quantitative estimate of drug-likeness (QED) is 0.788. The van der Waals surface area contributed by atoms with E-state index >= 15 is 0 Å². The molecule has 1 aromatic rings. The first-order valence-corrected chi connectivity index (χ1v) is 6.49. The maximum Gasteiger partial charge on any atom is 0.161 e. The molecule has 0 aromatic carbocycles. The molecule has 0 saturated carbocycles. The topological polar surface area (TPSA) is 26.3 Å². The van der Waals surface area contributed by atoms with Gasteiger partial charge in [-0.25, -0.2) is 0 Å². The van der Waals surface area contributed by atoms with E-state index in [9.17, 15) is 4.79 Å². The van der Waals surface area contributed by atoms with Crippen LogP contribution in [-0.2, 0) is 16.0 Å². The Labute approximate surface area is 102 Å². The fraction of sp³-hybridized carbons (Fsp3) is 0.615. The number of ketones is 1. The SMILES string of the molecule is CC(OC(C)(C)C)C(=O)CCc1cccs1. The predicted molar refractivity (Wildman–Crippen MR) is 67.9 cm³/mol. The van der Waals surface area contributed by atoms with E-state index in [4.69, 9.17) is 4.74 Å². The summed E-state index contributed by atoms with van der Waals surface area (Å²) in [6.45, 7) is 7.74. The van der Waals surface area contributed by atoms with Crippen LogP contribution < -0.4 is 0 Å². The lowest BCUT2D eigenvalue weighted by Gasteiger charge is -2.24. The molecule has 1 unspecified atom stereocenters. The third-order valence-corrected chi connectivity index (χ3v) is 3.12. The Morgan fingerprint density at radius 1 is 1.50 bits per heavy atom. The van der Waals surface area contributed by atoms with Gasteiger partial charge in [0.15, 0.2) is 5.78 Å². The number of aryl methyl sites for hydroxylation is 1. The molecule has 1 aromatic heterocycles. The average Bonchev–Trinajstić information content (AvgIpc) is 2.63. The standard InChI is InChI=1S/C13H20O2S/c1-10(15-13(2,3)4)12(14)8-7-11-6-5-9-16-11/h5-6,9-10H,7-8H2,1-4H3. The van der Waals surface area contributed by atoms with Crippen molar-refractivity contribution in [1.29, 1.82) is 0 Å². The molecular formula is C13H20O2S. The van der Waals surface area contributed by atoms with Gasteiger partial charge in [0.1, 0.15) is 6.10 Å². The van der Waals surface area contributed by atoms with E-state index < -0.39 is 0 Å². The Hall–Kier alpha value is -0.670. The van der Waals surface area contributed by atoms with Crippen molar-refractivity contribution in [2.24, 2.45) is 0 Å². The number of thiophene rings is 1. The van der Waals surface area contributed by atoms with Crippen molar-refractivity contribution in [3.8, 4) is 0 Å². The molecule has 90 valence electrons. The molecular weight excluding hydrogens is 220 g/mol. The van der Waals surface area contributed by atoms with Gasteiger partial charge >= 0.3 is 0 Å². The van der Waals surface area contributed by atoms with Crippen LogP contribution in [0.15, 0.2) is 17.5 Å². The highest BCUT2D eigenvalue weighted by atomic mass is 32.1. The van der Waals surface area contributed by atoms with Gasteiger partial charge < -0.3 is 4.74 Å². The molecule has 0 N–H and O–H groups in total. The van der Waals surface area contributed by atoms with Gasteiger partial charge in [0.2, 0.25) is 0 Å². The fourth-order valence-electron chi connectivity index (χ4n) is 1.50. The van der Waals surface area contributed by atoms with Crippen molar-refractivity contribution in [2.75, 3.05) is 0 Å². The molecule has 2 nitrogen and oxygen atoms in total. The molecule has 0 saturated heterocycles. The largest absolute Gasteiger partial charge is 0.365 e. The molecule has 0 radical (unpaired) electrons. The number of hydrogen-bond donors (Lipinski definition) is 0. The summed E-state index contributed by atoms with van der Waals surface area (Å²) >= 11 is 1.70. The summed E-state index contributed by atoms with van der Waals surface area (Å²) in [7, 11) is 0. The fourth-order valence-corrected chi connectivity index (χ4v) is 2.21. The molecule has 0 spiro atoms. The number of hydrogen-bond acceptors (Lipinski definition) is 3. The van der Waals surface area contributed by atoms with Crippen molar-refractivity contribution in [3.05, 3.63) is 22.4 Å². The molecule has 16 heavy (non-hydrogen) atoms. The van der Waals surface area contributed by atoms with Crippen LogP contribution in [0.5, 0.6) is 0 Å². The second-order valence-corrected chi connectivity index (χ2v) is 5.95. The Bertz CT molecular complexity index is 322. The lowest BCUT2D eigenvalue weighted by Crippen LogP contribution is -2.31. The van der Waals surface area contributed by atoms with Gasteiger partial charge in [-0.2, -0.15) is 0 Å².